The second-order valence-electron chi connectivity index (χ2n) is 7.32. The van der Waals surface area contributed by atoms with Gasteiger partial charge in [0.05, 0.1) is 17.8 Å². The van der Waals surface area contributed by atoms with Crippen molar-refractivity contribution in [2.75, 3.05) is 12.4 Å². The van der Waals surface area contributed by atoms with Crippen molar-refractivity contribution in [3.63, 3.8) is 0 Å². The lowest BCUT2D eigenvalue weighted by Gasteiger charge is -2.30. The number of rotatable bonds is 3. The monoisotopic (exact) mass is 340 g/mol. The lowest BCUT2D eigenvalue weighted by Crippen LogP contribution is -2.41. The average molecular weight is 340 g/mol. The number of likely N-dealkylation sites (tertiary alicyclic amines) is 1. The number of carbonyl (C=O) groups is 3. The Bertz CT molecular complexity index is 736. The Morgan fingerprint density at radius 2 is 1.72 bits per heavy atom. The summed E-state index contributed by atoms with van der Waals surface area (Å²) >= 11 is 0. The summed E-state index contributed by atoms with van der Waals surface area (Å²) in [7, 11) is 1.49. The molecule has 3 rings (SSSR count). The van der Waals surface area contributed by atoms with Gasteiger partial charge in [-0.05, 0) is 29.5 Å². The number of allylic oxidation sites excluding steroid dienone is 1. The van der Waals surface area contributed by atoms with E-state index in [4.69, 9.17) is 0 Å². The van der Waals surface area contributed by atoms with E-state index in [9.17, 15) is 14.4 Å². The van der Waals surface area contributed by atoms with Gasteiger partial charge in [0.2, 0.25) is 17.7 Å². The first-order valence-electron chi connectivity index (χ1n) is 8.71. The van der Waals surface area contributed by atoms with Crippen LogP contribution in [0, 0.1) is 23.7 Å². The molecule has 0 spiro atoms. The van der Waals surface area contributed by atoms with Crippen molar-refractivity contribution < 1.29 is 14.4 Å². The van der Waals surface area contributed by atoms with E-state index in [1.54, 1.807) is 6.08 Å². The van der Waals surface area contributed by atoms with Crippen molar-refractivity contribution in [3.05, 3.63) is 42.0 Å². The third kappa shape index (κ3) is 2.99. The number of imide groups is 1. The molecule has 2 aliphatic rings. The van der Waals surface area contributed by atoms with Gasteiger partial charge < -0.3 is 5.32 Å². The summed E-state index contributed by atoms with van der Waals surface area (Å²) in [6, 6.07) is 7.74. The van der Waals surface area contributed by atoms with E-state index in [2.05, 4.69) is 19.2 Å². The van der Waals surface area contributed by atoms with Gasteiger partial charge in [-0.3, -0.25) is 19.3 Å². The van der Waals surface area contributed by atoms with E-state index in [0.29, 0.717) is 11.6 Å². The largest absolute Gasteiger partial charge is 0.326 e. The molecule has 0 saturated carbocycles. The van der Waals surface area contributed by atoms with Crippen LogP contribution in [0.4, 0.5) is 5.69 Å². The fourth-order valence-corrected chi connectivity index (χ4v) is 3.76. The first-order chi connectivity index (χ1) is 11.8. The molecule has 132 valence electrons. The normalized spacial score (nSPS) is 28.4. The van der Waals surface area contributed by atoms with Crippen molar-refractivity contribution in [1.82, 2.24) is 4.90 Å². The van der Waals surface area contributed by atoms with Gasteiger partial charge in [0.25, 0.3) is 0 Å². The van der Waals surface area contributed by atoms with E-state index in [0.717, 1.165) is 4.90 Å². The van der Waals surface area contributed by atoms with Crippen molar-refractivity contribution in [1.29, 1.82) is 0 Å². The van der Waals surface area contributed by atoms with Gasteiger partial charge in [0.15, 0.2) is 0 Å². The third-order valence-corrected chi connectivity index (χ3v) is 5.34. The summed E-state index contributed by atoms with van der Waals surface area (Å²) in [5.41, 5.74) is 1.91. The molecule has 1 heterocycles. The highest BCUT2D eigenvalue weighted by Crippen LogP contribution is 2.41. The minimum Gasteiger partial charge on any atom is -0.326 e. The second kappa shape index (κ2) is 6.47. The zero-order chi connectivity index (χ0) is 18.3. The number of hydrogen-bond donors (Lipinski definition) is 1. The van der Waals surface area contributed by atoms with Crippen LogP contribution < -0.4 is 5.32 Å². The highest BCUT2D eigenvalue weighted by Gasteiger charge is 2.53. The molecule has 4 atom stereocenters. The van der Waals surface area contributed by atoms with Crippen LogP contribution in [0.15, 0.2) is 36.4 Å². The predicted molar refractivity (Wildman–Crippen MR) is 95.7 cm³/mol. The summed E-state index contributed by atoms with van der Waals surface area (Å²) in [5.74, 6) is -2.04. The van der Waals surface area contributed by atoms with Crippen LogP contribution in [0.5, 0.6) is 0 Å². The number of fused-ring (bicyclic) bond motifs is 1. The molecular formula is C20H24N2O3. The van der Waals surface area contributed by atoms with Crippen LogP contribution in [0.2, 0.25) is 0 Å². The van der Waals surface area contributed by atoms with Crippen LogP contribution in [0.1, 0.15) is 32.3 Å². The molecule has 0 aromatic heterocycles. The zero-order valence-corrected chi connectivity index (χ0v) is 15.0. The summed E-state index contributed by atoms with van der Waals surface area (Å²) in [5, 5.41) is 2.92. The minimum atomic E-state index is -0.604. The summed E-state index contributed by atoms with van der Waals surface area (Å²) in [4.78, 5) is 38.7. The predicted octanol–water partition coefficient (Wildman–Crippen LogP) is 2.80. The number of nitrogens with zero attached hydrogens (tertiary/aromatic N) is 1. The van der Waals surface area contributed by atoms with Gasteiger partial charge in [-0.15, -0.1) is 0 Å². The Hall–Kier alpha value is -2.43. The van der Waals surface area contributed by atoms with Crippen molar-refractivity contribution in [2.45, 2.75) is 26.7 Å². The maximum absolute atomic E-state index is 12.9. The van der Waals surface area contributed by atoms with E-state index in [1.807, 2.05) is 37.3 Å². The standard InChI is InChI=1S/C20H24N2O3/c1-11(2)13-6-8-14(9-7-13)21-18(23)16-12(3)5-10-15-17(16)20(25)22(4)19(15)24/h5-12,15-17H,1-4H3,(H,21,23)/t12-,15-,16-,17+/m1/s1. The highest BCUT2D eigenvalue weighted by atomic mass is 16.2. The molecule has 0 bridgehead atoms. The van der Waals surface area contributed by atoms with E-state index in [-0.39, 0.29) is 23.6 Å². The van der Waals surface area contributed by atoms with Gasteiger partial charge in [-0.25, -0.2) is 0 Å². The number of nitrogens with one attached hydrogen (secondary N) is 1. The molecule has 1 fully saturated rings. The van der Waals surface area contributed by atoms with Crippen LogP contribution in [0.3, 0.4) is 0 Å². The van der Waals surface area contributed by atoms with Gasteiger partial charge in [0.1, 0.15) is 0 Å². The van der Waals surface area contributed by atoms with Crippen LogP contribution in [-0.4, -0.2) is 29.7 Å². The lowest BCUT2D eigenvalue weighted by molar-refractivity contribution is -0.140. The van der Waals surface area contributed by atoms with Gasteiger partial charge in [-0.1, -0.05) is 45.1 Å². The number of anilines is 1. The summed E-state index contributed by atoms with van der Waals surface area (Å²) in [6.07, 6.45) is 3.65. The Morgan fingerprint density at radius 3 is 2.32 bits per heavy atom. The van der Waals surface area contributed by atoms with E-state index in [1.165, 1.54) is 12.6 Å². The Balaban J connectivity index is 1.82. The van der Waals surface area contributed by atoms with Crippen LogP contribution in [0.25, 0.3) is 0 Å². The van der Waals surface area contributed by atoms with Gasteiger partial charge >= 0.3 is 0 Å². The Kier molecular flexibility index (Phi) is 4.50. The number of amides is 3. The molecule has 5 heteroatoms. The lowest BCUT2D eigenvalue weighted by atomic mass is 9.71. The number of carbonyl (C=O) groups excluding carboxylic acids is 3. The van der Waals surface area contributed by atoms with Crippen molar-refractivity contribution in [2.24, 2.45) is 23.7 Å². The summed E-state index contributed by atoms with van der Waals surface area (Å²) in [6.45, 7) is 6.14. The molecule has 0 unspecified atom stereocenters. The van der Waals surface area contributed by atoms with Crippen molar-refractivity contribution >= 4 is 23.4 Å². The highest BCUT2D eigenvalue weighted by molar-refractivity contribution is 6.09. The van der Waals surface area contributed by atoms with Crippen LogP contribution in [-0.2, 0) is 14.4 Å². The molecule has 25 heavy (non-hydrogen) atoms. The SMILES string of the molecule is CC(C)c1ccc(NC(=O)[C@H]2[C@H]3C(=O)N(C)C(=O)[C@@H]3C=C[C@H]2C)cc1. The zero-order valence-electron chi connectivity index (χ0n) is 15.0. The topological polar surface area (TPSA) is 66.5 Å². The fraction of sp³-hybridized carbons (Fsp3) is 0.450. The molecular weight excluding hydrogens is 316 g/mol. The van der Waals surface area contributed by atoms with E-state index < -0.39 is 17.8 Å². The molecule has 5 nitrogen and oxygen atoms in total. The number of benzene rings is 1. The van der Waals surface area contributed by atoms with E-state index >= 15 is 0 Å². The molecule has 1 aliphatic heterocycles. The molecule has 1 aliphatic carbocycles. The maximum Gasteiger partial charge on any atom is 0.236 e. The van der Waals surface area contributed by atoms with Crippen LogP contribution >= 0.6 is 0 Å². The average Bonchev–Trinajstić information content (AvgIpc) is 2.79. The van der Waals surface area contributed by atoms with Gasteiger partial charge in [0, 0.05) is 12.7 Å². The second-order valence-corrected chi connectivity index (χ2v) is 7.32. The Labute approximate surface area is 148 Å². The first-order valence-corrected chi connectivity index (χ1v) is 8.71. The van der Waals surface area contributed by atoms with Crippen molar-refractivity contribution in [3.8, 4) is 0 Å². The summed E-state index contributed by atoms with van der Waals surface area (Å²) < 4.78 is 0. The van der Waals surface area contributed by atoms with Gasteiger partial charge in [-0.2, -0.15) is 0 Å². The fourth-order valence-electron chi connectivity index (χ4n) is 3.76. The minimum absolute atomic E-state index is 0.0977. The quantitative estimate of drug-likeness (QED) is 0.680. The molecule has 1 aromatic rings. The maximum atomic E-state index is 12.9. The molecule has 1 aromatic carbocycles. The first kappa shape index (κ1) is 17.4. The number of hydrogen-bond acceptors (Lipinski definition) is 3. The smallest absolute Gasteiger partial charge is 0.236 e. The third-order valence-electron chi connectivity index (χ3n) is 5.34. The Morgan fingerprint density at radius 1 is 1.08 bits per heavy atom. The molecule has 3 amide bonds. The molecule has 0 radical (unpaired) electrons. The molecule has 1 N–H and O–H groups in total. The molecule has 1 saturated heterocycles.